The molecule has 2 aliphatic rings. The molecule has 2 N–H and O–H groups in total. The maximum atomic E-state index is 12.3. The monoisotopic (exact) mass is 303 g/mol. The Labute approximate surface area is 127 Å². The van der Waals surface area contributed by atoms with Gasteiger partial charge in [0.05, 0.1) is 13.2 Å². The van der Waals surface area contributed by atoms with Crippen LogP contribution in [0.2, 0.25) is 0 Å². The van der Waals surface area contributed by atoms with Gasteiger partial charge in [0.2, 0.25) is 11.8 Å². The van der Waals surface area contributed by atoms with Gasteiger partial charge in [-0.25, -0.2) is 0 Å². The third kappa shape index (κ3) is 2.67. The summed E-state index contributed by atoms with van der Waals surface area (Å²) >= 11 is 0. The Morgan fingerprint density at radius 1 is 1.32 bits per heavy atom. The van der Waals surface area contributed by atoms with E-state index < -0.39 is 12.0 Å². The van der Waals surface area contributed by atoms with Crippen molar-refractivity contribution in [3.05, 3.63) is 35.4 Å². The van der Waals surface area contributed by atoms with Gasteiger partial charge in [-0.3, -0.25) is 14.4 Å². The molecule has 1 atom stereocenters. The number of morpholine rings is 1. The van der Waals surface area contributed by atoms with Crippen LogP contribution in [0.3, 0.4) is 0 Å². The number of hydrogen-bond donors (Lipinski definition) is 1. The van der Waals surface area contributed by atoms with Crippen LogP contribution in [0, 0.1) is 0 Å². The Morgan fingerprint density at radius 2 is 2.09 bits per heavy atom. The van der Waals surface area contributed by atoms with Crippen molar-refractivity contribution in [1.29, 1.82) is 0 Å². The topological polar surface area (TPSA) is 92.9 Å². The van der Waals surface area contributed by atoms with E-state index in [1.54, 1.807) is 6.07 Å². The van der Waals surface area contributed by atoms with Gasteiger partial charge in [0.25, 0.3) is 5.91 Å². The van der Waals surface area contributed by atoms with Gasteiger partial charge in [-0.05, 0) is 11.6 Å². The third-order valence-corrected chi connectivity index (χ3v) is 3.96. The summed E-state index contributed by atoms with van der Waals surface area (Å²) in [6.07, 6.45) is -0.774. The molecule has 3 amide bonds. The third-order valence-electron chi connectivity index (χ3n) is 3.96. The van der Waals surface area contributed by atoms with E-state index >= 15 is 0 Å². The second-order valence-corrected chi connectivity index (χ2v) is 5.42. The number of hydrogen-bond acceptors (Lipinski definition) is 4. The van der Waals surface area contributed by atoms with Gasteiger partial charge >= 0.3 is 0 Å². The molecule has 116 valence electrons. The molecule has 0 spiro atoms. The first kappa shape index (κ1) is 14.5. The van der Waals surface area contributed by atoms with Crippen molar-refractivity contribution in [2.45, 2.75) is 12.6 Å². The zero-order chi connectivity index (χ0) is 15.7. The highest BCUT2D eigenvalue weighted by Crippen LogP contribution is 2.22. The summed E-state index contributed by atoms with van der Waals surface area (Å²) in [4.78, 5) is 38.8. The lowest BCUT2D eigenvalue weighted by molar-refractivity contribution is -0.145. The molecule has 0 bridgehead atoms. The molecule has 1 aromatic carbocycles. The number of amides is 3. The summed E-state index contributed by atoms with van der Waals surface area (Å²) in [7, 11) is 0. The number of fused-ring (bicyclic) bond motifs is 1. The average molecular weight is 303 g/mol. The van der Waals surface area contributed by atoms with Crippen molar-refractivity contribution in [1.82, 2.24) is 9.80 Å². The highest BCUT2D eigenvalue weighted by molar-refractivity contribution is 6.00. The first-order valence-electron chi connectivity index (χ1n) is 7.12. The van der Waals surface area contributed by atoms with Gasteiger partial charge in [-0.2, -0.15) is 0 Å². The molecule has 0 saturated carbocycles. The van der Waals surface area contributed by atoms with Crippen LogP contribution in [0.1, 0.15) is 15.9 Å². The standard InChI is InChI=1S/C15H17N3O4/c16-14(20)12-8-17(5-6-22-12)13(19)9-18-7-10-3-1-2-4-11(10)15(18)21/h1-4,12H,5-9H2,(H2,16,20). The van der Waals surface area contributed by atoms with E-state index in [1.807, 2.05) is 18.2 Å². The summed E-state index contributed by atoms with van der Waals surface area (Å²) < 4.78 is 5.21. The van der Waals surface area contributed by atoms with Gasteiger partial charge < -0.3 is 20.3 Å². The number of carbonyl (C=O) groups excluding carboxylic acids is 3. The highest BCUT2D eigenvalue weighted by Gasteiger charge is 2.32. The molecular formula is C15H17N3O4. The maximum Gasteiger partial charge on any atom is 0.254 e. The molecule has 0 radical (unpaired) electrons. The minimum atomic E-state index is -0.774. The van der Waals surface area contributed by atoms with Crippen molar-refractivity contribution < 1.29 is 19.1 Å². The van der Waals surface area contributed by atoms with Crippen molar-refractivity contribution in [3.8, 4) is 0 Å². The van der Waals surface area contributed by atoms with Gasteiger partial charge in [-0.15, -0.1) is 0 Å². The second kappa shape index (κ2) is 5.76. The SMILES string of the molecule is NC(=O)C1CN(C(=O)CN2Cc3ccccc3C2=O)CCO1. The number of primary amides is 1. The fourth-order valence-electron chi connectivity index (χ4n) is 2.75. The summed E-state index contributed by atoms with van der Waals surface area (Å²) in [5, 5.41) is 0. The van der Waals surface area contributed by atoms with E-state index in [9.17, 15) is 14.4 Å². The molecule has 3 rings (SSSR count). The van der Waals surface area contributed by atoms with Crippen molar-refractivity contribution in [2.75, 3.05) is 26.2 Å². The van der Waals surface area contributed by atoms with Crippen LogP contribution in [-0.4, -0.2) is 59.9 Å². The Balaban J connectivity index is 1.63. The molecular weight excluding hydrogens is 286 g/mol. The predicted molar refractivity (Wildman–Crippen MR) is 76.7 cm³/mol. The van der Waals surface area contributed by atoms with E-state index in [0.717, 1.165) is 5.56 Å². The molecule has 2 heterocycles. The Bertz CT molecular complexity index is 631. The Morgan fingerprint density at radius 3 is 2.82 bits per heavy atom. The smallest absolute Gasteiger partial charge is 0.254 e. The van der Waals surface area contributed by atoms with Gasteiger partial charge in [0.1, 0.15) is 6.54 Å². The maximum absolute atomic E-state index is 12.3. The zero-order valence-electron chi connectivity index (χ0n) is 12.0. The van der Waals surface area contributed by atoms with Crippen LogP contribution in [0.15, 0.2) is 24.3 Å². The molecule has 2 aliphatic heterocycles. The van der Waals surface area contributed by atoms with Crippen LogP contribution in [-0.2, 0) is 20.9 Å². The van der Waals surface area contributed by atoms with E-state index in [0.29, 0.717) is 18.7 Å². The Hall–Kier alpha value is -2.41. The van der Waals surface area contributed by atoms with Crippen LogP contribution >= 0.6 is 0 Å². The van der Waals surface area contributed by atoms with Crippen molar-refractivity contribution in [3.63, 3.8) is 0 Å². The molecule has 1 aromatic rings. The molecule has 1 unspecified atom stereocenters. The number of rotatable bonds is 3. The van der Waals surface area contributed by atoms with Gasteiger partial charge in [-0.1, -0.05) is 18.2 Å². The quantitative estimate of drug-likeness (QED) is 0.803. The largest absolute Gasteiger partial charge is 0.367 e. The van der Waals surface area contributed by atoms with Crippen LogP contribution in [0.25, 0.3) is 0 Å². The van der Waals surface area contributed by atoms with Crippen LogP contribution < -0.4 is 5.73 Å². The van der Waals surface area contributed by atoms with E-state index in [1.165, 1.54) is 9.80 Å². The number of nitrogens with two attached hydrogens (primary N) is 1. The number of ether oxygens (including phenoxy) is 1. The summed E-state index contributed by atoms with van der Waals surface area (Å²) in [5.74, 6) is -0.915. The molecule has 1 fully saturated rings. The first-order chi connectivity index (χ1) is 10.6. The highest BCUT2D eigenvalue weighted by atomic mass is 16.5. The zero-order valence-corrected chi connectivity index (χ0v) is 12.0. The van der Waals surface area contributed by atoms with Crippen molar-refractivity contribution in [2.24, 2.45) is 5.73 Å². The second-order valence-electron chi connectivity index (χ2n) is 5.42. The number of benzene rings is 1. The molecule has 7 heteroatoms. The number of carbonyl (C=O) groups is 3. The molecule has 1 saturated heterocycles. The van der Waals surface area contributed by atoms with Gasteiger partial charge in [0, 0.05) is 18.7 Å². The predicted octanol–water partition coefficient (Wildman–Crippen LogP) is -0.645. The number of nitrogens with zero attached hydrogens (tertiary/aromatic N) is 2. The fourth-order valence-corrected chi connectivity index (χ4v) is 2.75. The summed E-state index contributed by atoms with van der Waals surface area (Å²) in [6, 6.07) is 7.33. The minimum absolute atomic E-state index is 0.000997. The fraction of sp³-hybridized carbons (Fsp3) is 0.400. The van der Waals surface area contributed by atoms with Gasteiger partial charge in [0.15, 0.2) is 6.10 Å². The van der Waals surface area contributed by atoms with E-state index in [4.69, 9.17) is 10.5 Å². The molecule has 7 nitrogen and oxygen atoms in total. The summed E-state index contributed by atoms with van der Waals surface area (Å²) in [6.45, 7) is 1.25. The Kier molecular flexibility index (Phi) is 3.81. The normalized spacial score (nSPS) is 20.9. The lowest BCUT2D eigenvalue weighted by Gasteiger charge is -2.32. The molecule has 0 aliphatic carbocycles. The van der Waals surface area contributed by atoms with Crippen molar-refractivity contribution >= 4 is 17.7 Å². The molecule has 0 aromatic heterocycles. The lowest BCUT2D eigenvalue weighted by atomic mass is 10.1. The lowest BCUT2D eigenvalue weighted by Crippen LogP contribution is -2.52. The summed E-state index contributed by atoms with van der Waals surface area (Å²) in [5.41, 5.74) is 6.78. The minimum Gasteiger partial charge on any atom is -0.367 e. The molecule has 22 heavy (non-hydrogen) atoms. The van der Waals surface area contributed by atoms with Crippen LogP contribution in [0.5, 0.6) is 0 Å². The first-order valence-corrected chi connectivity index (χ1v) is 7.12. The average Bonchev–Trinajstić information content (AvgIpc) is 2.84. The van der Waals surface area contributed by atoms with E-state index in [2.05, 4.69) is 0 Å². The van der Waals surface area contributed by atoms with E-state index in [-0.39, 0.29) is 31.5 Å². The van der Waals surface area contributed by atoms with Crippen LogP contribution in [0.4, 0.5) is 0 Å².